The van der Waals surface area contributed by atoms with Crippen LogP contribution in [0.3, 0.4) is 0 Å². The first kappa shape index (κ1) is 62.0. The van der Waals surface area contributed by atoms with E-state index in [2.05, 4.69) is 54.5 Å². The van der Waals surface area contributed by atoms with E-state index in [9.17, 15) is 35.1 Å². The van der Waals surface area contributed by atoms with Crippen molar-refractivity contribution in [3.8, 4) is 39.5 Å². The van der Waals surface area contributed by atoms with E-state index in [4.69, 9.17) is 42.6 Å². The molecular weight excluding hydrogens is 1190 g/mol. The molecule has 8 N–H and O–H groups in total. The van der Waals surface area contributed by atoms with Crippen LogP contribution in [0.4, 0.5) is 52.6 Å². The average Bonchev–Trinajstić information content (AvgIpc) is 1.57. The summed E-state index contributed by atoms with van der Waals surface area (Å²) in [5.74, 6) is 6.09. The highest BCUT2D eigenvalue weighted by Gasteiger charge is 2.61. The molecule has 3 aliphatic heterocycles. The van der Waals surface area contributed by atoms with Crippen molar-refractivity contribution in [3.05, 3.63) is 83.2 Å². The Morgan fingerprint density at radius 2 is 1.04 bits per heavy atom. The number of rotatable bonds is 14. The average molecular weight is 1270 g/mol. The maximum atomic E-state index is 13.3. The summed E-state index contributed by atoms with van der Waals surface area (Å²) in [5.41, 5.74) is 27.5. The molecule has 6 aromatic heterocycles. The molecule has 26 heteroatoms. The van der Waals surface area contributed by atoms with Gasteiger partial charge in [0, 0.05) is 139 Å². The van der Waals surface area contributed by atoms with Crippen LogP contribution in [0.2, 0.25) is 0 Å². The highest BCUT2D eigenvalue weighted by atomic mass is 19.4. The molecule has 10 fully saturated rings. The van der Waals surface area contributed by atoms with Crippen LogP contribution in [-0.2, 0) is 28.4 Å². The summed E-state index contributed by atoms with van der Waals surface area (Å²) in [6.45, 7) is 14.0. The van der Waals surface area contributed by atoms with E-state index in [1.54, 1.807) is 12.3 Å². The van der Waals surface area contributed by atoms with Gasteiger partial charge in [0.2, 0.25) is 0 Å². The first-order valence-electron chi connectivity index (χ1n) is 32.5. The Morgan fingerprint density at radius 1 is 0.571 bits per heavy atom. The van der Waals surface area contributed by atoms with Gasteiger partial charge >= 0.3 is 19.0 Å². The number of aromatic nitrogens is 9. The number of nitrogen functional groups attached to an aromatic ring is 3. The number of nitrogens with two attached hydrogens (primary N) is 4. The van der Waals surface area contributed by atoms with E-state index in [1.165, 1.54) is 64.0 Å². The predicted octanol–water partition coefficient (Wildman–Crippen LogP) is 11.1. The van der Waals surface area contributed by atoms with E-state index in [0.29, 0.717) is 111 Å². The Morgan fingerprint density at radius 3 is 1.53 bits per heavy atom. The van der Waals surface area contributed by atoms with E-state index in [0.717, 1.165) is 93.8 Å². The van der Waals surface area contributed by atoms with Gasteiger partial charge in [0.15, 0.2) is 11.6 Å². The second kappa shape index (κ2) is 23.8. The van der Waals surface area contributed by atoms with Crippen molar-refractivity contribution in [2.75, 3.05) is 69.8 Å². The summed E-state index contributed by atoms with van der Waals surface area (Å²) in [5, 5.41) is 14.3. The largest absolute Gasteiger partial charge is 0.431 e. The number of halogens is 8. The fourth-order valence-corrected chi connectivity index (χ4v) is 16.8. The van der Waals surface area contributed by atoms with Crippen molar-refractivity contribution in [1.82, 2.24) is 54.1 Å². The lowest BCUT2D eigenvalue weighted by atomic mass is 10.0. The molecule has 0 aromatic carbocycles. The summed E-state index contributed by atoms with van der Waals surface area (Å²) in [7, 11) is 0. The molecule has 0 spiro atoms. The molecule has 490 valence electrons. The van der Waals surface area contributed by atoms with Gasteiger partial charge in [-0.1, -0.05) is 0 Å². The SMILES string of the molecule is CC(C)n1nc(-c2cnc(N)c(C(F)(F)F)c2)cc1C1[C@H]2CC(N)C[C@@H]12.CC(C)n1nc(-c2cnc(N)c(C(F)(F)F)c2)cc1C1[C@H]2CC(N3CC4COCC4C3)C[C@@H]12.Nc1ncc(-c2cc(C3[C@H]4CC(N5CCOCC5)C[C@@H]34)nn2CC2CC2)cc1OC(F)F. The summed E-state index contributed by atoms with van der Waals surface area (Å²) in [6, 6.07) is 11.5. The number of nitrogens with zero attached hydrogens (tertiary/aromatic N) is 11. The molecule has 10 aliphatic rings. The minimum atomic E-state index is -4.54. The Labute approximate surface area is 523 Å². The van der Waals surface area contributed by atoms with E-state index in [-0.39, 0.29) is 29.7 Å². The fourth-order valence-electron chi connectivity index (χ4n) is 16.8. The standard InChI is InChI=1S/C24H30F3N5O.C23H29F2N5O2.C18H22F3N5/c1-12(2)32-21(6-20(30-32)13-3-19(24(25,26)27)23(28)29-7-13)22-17-4-16(5-18(17)22)31-8-14-10-33-11-15(14)9-31;24-23(25)32-20-7-14(11-27-22(20)26)19-10-18(28-30(19)12-13-1-2-13)21-16-8-15(9-17(16)21)29-3-5-31-6-4-29;1-8(2)26-15(16-11-4-10(22)5-12(11)16)6-14(25-26)9-3-13(18(19,20)21)17(23)24-7-9/h3,6-7,12,14-18,22H,4-5,8-11H2,1-2H3,(H2,28,29);7,10-11,13,15-17,21,23H,1-6,8-9,12H2,(H2,26,27);3,6-8,10-12,16H,4-5,22H2,1-2H3,(H2,23,24)/t14?,15?,16?,17-,18+,22?;15?,16-,17+,21?;10?,11-,12+,16?. The number of likely N-dealkylation sites (tertiary alicyclic amines) is 1. The van der Waals surface area contributed by atoms with Crippen molar-refractivity contribution in [2.24, 2.45) is 59.0 Å². The fraction of sp³-hybridized carbons (Fsp3) is 0.631. The molecule has 6 aromatic rings. The van der Waals surface area contributed by atoms with Crippen molar-refractivity contribution >= 4 is 17.5 Å². The number of hydrogen-bond acceptors (Lipinski definition) is 15. The maximum absolute atomic E-state index is 13.3. The minimum absolute atomic E-state index is 0.0339. The van der Waals surface area contributed by atoms with Crippen molar-refractivity contribution in [1.29, 1.82) is 0 Å². The van der Waals surface area contributed by atoms with E-state index < -0.39 is 41.7 Å². The van der Waals surface area contributed by atoms with Crippen molar-refractivity contribution < 1.29 is 49.3 Å². The van der Waals surface area contributed by atoms with Crippen molar-refractivity contribution in [3.63, 3.8) is 0 Å². The summed E-state index contributed by atoms with van der Waals surface area (Å²) in [4.78, 5) is 16.9. The quantitative estimate of drug-likeness (QED) is 0.0743. The molecule has 0 amide bonds. The minimum Gasteiger partial charge on any atom is -0.431 e. The van der Waals surface area contributed by atoms with Gasteiger partial charge in [0.25, 0.3) is 0 Å². The van der Waals surface area contributed by atoms with Crippen LogP contribution in [-0.4, -0.2) is 131 Å². The molecule has 18 nitrogen and oxygen atoms in total. The summed E-state index contributed by atoms with van der Waals surface area (Å²) in [6.07, 6.45) is 4.60. The molecule has 9 heterocycles. The number of ether oxygens (including phenoxy) is 3. The third kappa shape index (κ3) is 12.4. The van der Waals surface area contributed by atoms with Gasteiger partial charge in [-0.05, 0) is 157 Å². The lowest BCUT2D eigenvalue weighted by Gasteiger charge is -2.33. The van der Waals surface area contributed by atoms with Crippen LogP contribution in [0.15, 0.2) is 55.0 Å². The molecule has 0 radical (unpaired) electrons. The molecular formula is C65H81F8N15O3. The molecule has 8 unspecified atom stereocenters. The van der Waals surface area contributed by atoms with Gasteiger partial charge in [-0.3, -0.25) is 23.8 Å². The normalized spacial score (nSPS) is 30.7. The smallest absolute Gasteiger partial charge is 0.419 e. The first-order chi connectivity index (χ1) is 43.4. The van der Waals surface area contributed by atoms with Gasteiger partial charge in [-0.2, -0.15) is 50.4 Å². The molecule has 7 saturated carbocycles. The number of fused-ring (bicyclic) bond motifs is 4. The number of alkyl halides is 8. The van der Waals surface area contributed by atoms with E-state index >= 15 is 0 Å². The third-order valence-corrected chi connectivity index (χ3v) is 21.6. The van der Waals surface area contributed by atoms with Gasteiger partial charge in [0.1, 0.15) is 11.6 Å². The second-order valence-electron chi connectivity index (χ2n) is 28.1. The Balaban J connectivity index is 0.000000120. The Hall–Kier alpha value is -6.48. The molecule has 91 heavy (non-hydrogen) atoms. The summed E-state index contributed by atoms with van der Waals surface area (Å²) < 4.78 is 127. The van der Waals surface area contributed by atoms with Crippen LogP contribution in [0, 0.1) is 53.3 Å². The first-order valence-corrected chi connectivity index (χ1v) is 32.5. The van der Waals surface area contributed by atoms with Gasteiger partial charge in [-0.25, -0.2) is 15.0 Å². The van der Waals surface area contributed by atoms with Crippen LogP contribution in [0.5, 0.6) is 5.75 Å². The zero-order valence-electron chi connectivity index (χ0n) is 51.6. The van der Waals surface area contributed by atoms with Crippen molar-refractivity contribution in [2.45, 2.75) is 153 Å². The zero-order chi connectivity index (χ0) is 63.7. The third-order valence-electron chi connectivity index (χ3n) is 21.6. The Kier molecular flexibility index (Phi) is 16.2. The number of anilines is 3. The molecule has 16 rings (SSSR count). The summed E-state index contributed by atoms with van der Waals surface area (Å²) >= 11 is 0. The number of pyridine rings is 3. The number of morpholine rings is 1. The monoisotopic (exact) mass is 1270 g/mol. The second-order valence-corrected chi connectivity index (χ2v) is 28.1. The van der Waals surface area contributed by atoms with Gasteiger partial charge < -0.3 is 37.1 Å². The van der Waals surface area contributed by atoms with Crippen LogP contribution in [0.1, 0.15) is 137 Å². The molecule has 0 bridgehead atoms. The van der Waals surface area contributed by atoms with Gasteiger partial charge in [-0.15, -0.1) is 0 Å². The van der Waals surface area contributed by atoms with E-state index in [1.807, 2.05) is 40.0 Å². The van der Waals surface area contributed by atoms with Crippen LogP contribution < -0.4 is 27.7 Å². The number of hydrogen-bond donors (Lipinski definition) is 4. The van der Waals surface area contributed by atoms with Crippen LogP contribution >= 0.6 is 0 Å². The lowest BCUT2D eigenvalue weighted by Crippen LogP contribution is -2.43. The highest BCUT2D eigenvalue weighted by Crippen LogP contribution is 2.66. The Bertz CT molecular complexity index is 3590. The lowest BCUT2D eigenvalue weighted by molar-refractivity contribution is -0.137. The topological polar surface area (TPSA) is 230 Å². The predicted molar refractivity (Wildman–Crippen MR) is 324 cm³/mol. The van der Waals surface area contributed by atoms with Gasteiger partial charge in [0.05, 0.1) is 60.3 Å². The highest BCUT2D eigenvalue weighted by molar-refractivity contribution is 5.66. The van der Waals surface area contributed by atoms with Crippen LogP contribution in [0.25, 0.3) is 33.8 Å². The molecule has 7 aliphatic carbocycles. The zero-order valence-corrected chi connectivity index (χ0v) is 51.6. The maximum Gasteiger partial charge on any atom is 0.419 e. The molecule has 14 atom stereocenters. The molecule has 3 saturated heterocycles.